The molecule has 5 aliphatic rings. The fourth-order valence-electron chi connectivity index (χ4n) is 11.7. The third-order valence-electron chi connectivity index (χ3n) is 13.9. The Morgan fingerprint density at radius 2 is 1.55 bits per heavy atom. The Balaban J connectivity index is 1.43. The summed E-state index contributed by atoms with van der Waals surface area (Å²) in [7, 11) is 0. The van der Waals surface area contributed by atoms with Gasteiger partial charge in [-0.15, -0.1) is 0 Å². The number of hydrogen-bond donors (Lipinski definition) is 3. The van der Waals surface area contributed by atoms with Crippen LogP contribution in [-0.2, 0) is 14.3 Å². The zero-order valence-electron chi connectivity index (χ0n) is 29.2. The topological polar surface area (TPSA) is 105 Å². The number of Topliss-reactive ketones (excluding diaryl/α,β-unsaturated/α-hetero) is 1. The minimum atomic E-state index is -0.798. The molecule has 0 spiro atoms. The zero-order valence-corrected chi connectivity index (χ0v) is 29.2. The van der Waals surface area contributed by atoms with Crippen molar-refractivity contribution >= 4 is 17.8 Å². The first-order valence-electron chi connectivity index (χ1n) is 17.5. The molecule has 44 heavy (non-hydrogen) atoms. The van der Waals surface area contributed by atoms with Crippen molar-refractivity contribution in [2.75, 3.05) is 13.1 Å². The molecule has 0 aromatic rings. The first-order valence-corrected chi connectivity index (χ1v) is 17.5. The number of ether oxygens (including phenoxy) is 1. The number of aliphatic hydroxyl groups excluding tert-OH is 1. The molecule has 8 atom stereocenters. The molecule has 3 N–H and O–H groups in total. The van der Waals surface area contributed by atoms with Crippen LogP contribution in [0.2, 0.25) is 0 Å². The SMILES string of the molecule is CC(C)C1=C2C3CCC4[C@@]5(C)CC[C@H](O)C(C)(C)C5CC[C@@]4(C)[C@]3(C)CC[C@@]2(C(=O)NCCNC(=O)OC(C)(C)C)CC1=O. The standard InChI is InChI=1S/C37H60N2O5/c1-22(2)28-24(40)21-37(30(42)38-19-20-39-31(43)44-32(3,4)5)18-17-35(9)23(29(28)37)11-12-26-34(8)15-14-27(41)33(6,7)25(34)13-16-36(26,35)10/h22-23,25-27,41H,11-21H2,1-10H3,(H,38,42)(H,39,43)/t23?,25?,26?,27-,34-,35+,36+,37+/m0/s1. The maximum absolute atomic E-state index is 14.2. The predicted molar refractivity (Wildman–Crippen MR) is 173 cm³/mol. The van der Waals surface area contributed by atoms with Crippen LogP contribution in [0.5, 0.6) is 0 Å². The van der Waals surface area contributed by atoms with Crippen molar-refractivity contribution in [3.8, 4) is 0 Å². The highest BCUT2D eigenvalue weighted by molar-refractivity contribution is 6.07. The van der Waals surface area contributed by atoms with Crippen LogP contribution < -0.4 is 10.6 Å². The van der Waals surface area contributed by atoms with Gasteiger partial charge in [0.2, 0.25) is 5.91 Å². The number of ketones is 1. The average molecular weight is 613 g/mol. The Morgan fingerprint density at radius 1 is 0.886 bits per heavy atom. The highest BCUT2D eigenvalue weighted by Gasteiger charge is 2.70. The number of fused-ring (bicyclic) bond motifs is 7. The quantitative estimate of drug-likeness (QED) is 0.291. The second kappa shape index (κ2) is 10.8. The molecule has 248 valence electrons. The molecule has 0 aliphatic heterocycles. The summed E-state index contributed by atoms with van der Waals surface area (Å²) in [6, 6.07) is 0. The van der Waals surface area contributed by atoms with Gasteiger partial charge in [0.25, 0.3) is 0 Å². The molecule has 0 aromatic carbocycles. The van der Waals surface area contributed by atoms with Crippen LogP contribution in [0.4, 0.5) is 4.79 Å². The van der Waals surface area contributed by atoms with Gasteiger partial charge in [-0.2, -0.15) is 0 Å². The summed E-state index contributed by atoms with van der Waals surface area (Å²) in [4.78, 5) is 40.1. The predicted octanol–water partition coefficient (Wildman–Crippen LogP) is 6.97. The van der Waals surface area contributed by atoms with Gasteiger partial charge < -0.3 is 20.5 Å². The third kappa shape index (κ3) is 4.88. The lowest BCUT2D eigenvalue weighted by Crippen LogP contribution is -2.66. The molecule has 0 aromatic heterocycles. The Morgan fingerprint density at radius 3 is 2.18 bits per heavy atom. The summed E-state index contributed by atoms with van der Waals surface area (Å²) in [5.74, 6) is 1.42. The van der Waals surface area contributed by atoms with Gasteiger partial charge in [-0.25, -0.2) is 4.79 Å². The molecule has 4 saturated carbocycles. The van der Waals surface area contributed by atoms with E-state index in [9.17, 15) is 19.5 Å². The minimum Gasteiger partial charge on any atom is -0.444 e. The number of hydrogen-bond acceptors (Lipinski definition) is 5. The molecule has 0 heterocycles. The molecule has 5 aliphatic carbocycles. The largest absolute Gasteiger partial charge is 0.444 e. The van der Waals surface area contributed by atoms with Crippen molar-refractivity contribution in [2.45, 2.75) is 139 Å². The second-order valence-corrected chi connectivity index (χ2v) is 17.8. The van der Waals surface area contributed by atoms with E-state index in [-0.39, 0.29) is 64.3 Å². The van der Waals surface area contributed by atoms with Crippen molar-refractivity contribution < 1.29 is 24.2 Å². The molecule has 7 nitrogen and oxygen atoms in total. The maximum Gasteiger partial charge on any atom is 0.407 e. The van der Waals surface area contributed by atoms with Crippen LogP contribution in [0.25, 0.3) is 0 Å². The van der Waals surface area contributed by atoms with Crippen LogP contribution >= 0.6 is 0 Å². The lowest BCUT2D eigenvalue weighted by molar-refractivity contribution is -0.228. The number of carbonyl (C=O) groups excluding carboxylic acids is 3. The highest BCUT2D eigenvalue weighted by Crippen LogP contribution is 2.76. The molecule has 4 fully saturated rings. The van der Waals surface area contributed by atoms with Gasteiger partial charge in [0.1, 0.15) is 5.60 Å². The van der Waals surface area contributed by atoms with Crippen LogP contribution in [-0.4, -0.2) is 47.7 Å². The van der Waals surface area contributed by atoms with E-state index >= 15 is 0 Å². The molecule has 7 heteroatoms. The molecule has 0 saturated heterocycles. The van der Waals surface area contributed by atoms with Gasteiger partial charge in [0, 0.05) is 19.5 Å². The van der Waals surface area contributed by atoms with E-state index in [0.717, 1.165) is 56.1 Å². The van der Waals surface area contributed by atoms with Gasteiger partial charge in [-0.05, 0) is 129 Å². The molecule has 5 rings (SSSR count). The lowest BCUT2D eigenvalue weighted by Gasteiger charge is -2.72. The number of amides is 2. The van der Waals surface area contributed by atoms with Crippen molar-refractivity contribution in [3.63, 3.8) is 0 Å². The lowest BCUT2D eigenvalue weighted by atomic mass is 9.33. The summed E-state index contributed by atoms with van der Waals surface area (Å²) >= 11 is 0. The number of carbonyl (C=O) groups is 3. The molecule has 0 radical (unpaired) electrons. The van der Waals surface area contributed by atoms with Crippen molar-refractivity contribution in [2.24, 2.45) is 50.7 Å². The van der Waals surface area contributed by atoms with Crippen LogP contribution in [0, 0.1) is 50.7 Å². The summed E-state index contributed by atoms with van der Waals surface area (Å²) in [6.45, 7) is 22.4. The fraction of sp³-hybridized carbons (Fsp3) is 0.865. The third-order valence-corrected chi connectivity index (χ3v) is 13.9. The number of nitrogens with one attached hydrogen (secondary N) is 2. The molecule has 2 amide bonds. The number of allylic oxidation sites excluding steroid dienone is 1. The van der Waals surface area contributed by atoms with Crippen LogP contribution in [0.15, 0.2) is 11.1 Å². The first kappa shape index (κ1) is 33.5. The van der Waals surface area contributed by atoms with E-state index < -0.39 is 17.1 Å². The van der Waals surface area contributed by atoms with Gasteiger partial charge in [0.05, 0.1) is 11.5 Å². The van der Waals surface area contributed by atoms with Crippen molar-refractivity contribution in [3.05, 3.63) is 11.1 Å². The van der Waals surface area contributed by atoms with Crippen LogP contribution in [0.1, 0.15) is 127 Å². The minimum absolute atomic E-state index is 0.00769. The maximum atomic E-state index is 14.2. The van der Waals surface area contributed by atoms with E-state index in [4.69, 9.17) is 4.74 Å². The summed E-state index contributed by atoms with van der Waals surface area (Å²) in [5.41, 5.74) is 0.855. The summed E-state index contributed by atoms with van der Waals surface area (Å²) in [5, 5.41) is 16.9. The van der Waals surface area contributed by atoms with E-state index in [2.05, 4.69) is 59.1 Å². The Bertz CT molecular complexity index is 1230. The Hall–Kier alpha value is -1.89. The summed E-state index contributed by atoms with van der Waals surface area (Å²) < 4.78 is 5.34. The fourth-order valence-corrected chi connectivity index (χ4v) is 11.7. The second-order valence-electron chi connectivity index (χ2n) is 17.8. The van der Waals surface area contributed by atoms with Crippen molar-refractivity contribution in [1.29, 1.82) is 0 Å². The molecular formula is C37H60N2O5. The number of alkyl carbamates (subject to hydrolysis) is 1. The van der Waals surface area contributed by atoms with Gasteiger partial charge in [-0.1, -0.05) is 48.5 Å². The van der Waals surface area contributed by atoms with E-state index in [1.165, 1.54) is 0 Å². The molecular weight excluding hydrogens is 552 g/mol. The van der Waals surface area contributed by atoms with E-state index in [1.807, 2.05) is 20.8 Å². The average Bonchev–Trinajstić information content (AvgIpc) is 3.21. The van der Waals surface area contributed by atoms with Crippen LogP contribution in [0.3, 0.4) is 0 Å². The van der Waals surface area contributed by atoms with Gasteiger partial charge >= 0.3 is 6.09 Å². The first-order chi connectivity index (χ1) is 20.2. The zero-order chi connectivity index (χ0) is 32.7. The van der Waals surface area contributed by atoms with E-state index in [0.29, 0.717) is 24.8 Å². The normalized spacial score (nSPS) is 41.3. The Labute approximate surface area is 266 Å². The summed E-state index contributed by atoms with van der Waals surface area (Å²) in [6.07, 6.45) is 7.47. The monoisotopic (exact) mass is 612 g/mol. The molecule has 3 unspecified atom stereocenters. The molecule has 0 bridgehead atoms. The van der Waals surface area contributed by atoms with Gasteiger partial charge in [0.15, 0.2) is 5.78 Å². The van der Waals surface area contributed by atoms with Crippen molar-refractivity contribution in [1.82, 2.24) is 10.6 Å². The highest BCUT2D eigenvalue weighted by atomic mass is 16.6. The Kier molecular flexibility index (Phi) is 8.25. The van der Waals surface area contributed by atoms with Gasteiger partial charge in [-0.3, -0.25) is 9.59 Å². The number of aliphatic hydroxyl groups is 1. The number of rotatable bonds is 5. The van der Waals surface area contributed by atoms with E-state index in [1.54, 1.807) is 0 Å². The smallest absolute Gasteiger partial charge is 0.407 e.